The van der Waals surface area contributed by atoms with Gasteiger partial charge in [0, 0.05) is 23.8 Å². The van der Waals surface area contributed by atoms with Crippen LogP contribution in [0.15, 0.2) is 5.38 Å². The molecule has 0 spiro atoms. The summed E-state index contributed by atoms with van der Waals surface area (Å²) in [6, 6.07) is 0. The highest BCUT2D eigenvalue weighted by atomic mass is 32.1. The molecule has 0 radical (unpaired) electrons. The van der Waals surface area contributed by atoms with E-state index in [2.05, 4.69) is 12.3 Å². The van der Waals surface area contributed by atoms with Gasteiger partial charge in [-0.3, -0.25) is 0 Å². The predicted octanol–water partition coefficient (Wildman–Crippen LogP) is 2.86. The monoisotopic (exact) mass is 210 g/mol. The Balaban J connectivity index is 2.08. The fourth-order valence-electron chi connectivity index (χ4n) is 2.04. The summed E-state index contributed by atoms with van der Waals surface area (Å²) >= 11 is 1.78. The second-order valence-corrected chi connectivity index (χ2v) is 5.12. The molecule has 0 saturated heterocycles. The van der Waals surface area contributed by atoms with Crippen LogP contribution in [0.4, 0.5) is 0 Å². The van der Waals surface area contributed by atoms with E-state index in [0.29, 0.717) is 12.5 Å². The summed E-state index contributed by atoms with van der Waals surface area (Å²) in [5.74, 6) is 1.17. The molecule has 1 aliphatic rings. The molecule has 0 aliphatic heterocycles. The van der Waals surface area contributed by atoms with E-state index in [9.17, 15) is 0 Å². The second kappa shape index (κ2) is 4.41. The van der Waals surface area contributed by atoms with E-state index in [1.807, 2.05) is 0 Å². The zero-order valence-electron chi connectivity index (χ0n) is 8.70. The zero-order valence-corrected chi connectivity index (χ0v) is 9.52. The Labute approximate surface area is 89.5 Å². The van der Waals surface area contributed by atoms with Crippen LogP contribution in [0.5, 0.6) is 0 Å². The molecule has 2 N–H and O–H groups in total. The number of thiazole rings is 1. The molecule has 1 aliphatic carbocycles. The molecule has 1 heterocycles. The third kappa shape index (κ3) is 1.98. The second-order valence-electron chi connectivity index (χ2n) is 4.23. The third-order valence-electron chi connectivity index (χ3n) is 3.09. The van der Waals surface area contributed by atoms with Gasteiger partial charge in [0.25, 0.3) is 0 Å². The molecule has 3 heteroatoms. The summed E-state index contributed by atoms with van der Waals surface area (Å²) in [6.07, 6.45) is 5.42. The van der Waals surface area contributed by atoms with E-state index in [1.54, 1.807) is 11.3 Å². The first-order chi connectivity index (χ1) is 6.81. The van der Waals surface area contributed by atoms with Crippen molar-refractivity contribution >= 4 is 11.3 Å². The third-order valence-corrected chi connectivity index (χ3v) is 4.18. The van der Waals surface area contributed by atoms with Gasteiger partial charge in [-0.15, -0.1) is 11.3 Å². The normalized spacial score (nSPS) is 20.1. The van der Waals surface area contributed by atoms with Gasteiger partial charge in [-0.05, 0) is 12.8 Å². The lowest BCUT2D eigenvalue weighted by molar-refractivity contribution is 0.687. The predicted molar refractivity (Wildman–Crippen MR) is 60.8 cm³/mol. The van der Waals surface area contributed by atoms with Crippen molar-refractivity contribution in [3.05, 3.63) is 16.1 Å². The number of nitrogens with two attached hydrogens (primary N) is 1. The van der Waals surface area contributed by atoms with Gasteiger partial charge in [0.1, 0.15) is 0 Å². The summed E-state index contributed by atoms with van der Waals surface area (Å²) in [7, 11) is 0. The first-order valence-electron chi connectivity index (χ1n) is 5.46. The highest BCUT2D eigenvalue weighted by Gasteiger charge is 2.20. The summed E-state index contributed by atoms with van der Waals surface area (Å²) in [5.41, 5.74) is 6.96. The van der Waals surface area contributed by atoms with Gasteiger partial charge in [-0.25, -0.2) is 4.98 Å². The number of hydrogen-bond acceptors (Lipinski definition) is 3. The first kappa shape index (κ1) is 10.1. The van der Waals surface area contributed by atoms with E-state index in [4.69, 9.17) is 10.7 Å². The molecule has 78 valence electrons. The van der Waals surface area contributed by atoms with Crippen LogP contribution in [0.25, 0.3) is 0 Å². The quantitative estimate of drug-likeness (QED) is 0.833. The molecule has 0 bridgehead atoms. The lowest BCUT2D eigenvalue weighted by atomic mass is 10.1. The standard InChI is InChI=1S/C11H18N2S/c1-8(6-12)11-13-10(7-14-11)9-4-2-3-5-9/h7-9H,2-6,12H2,1H3. The number of hydrogen-bond donors (Lipinski definition) is 1. The molecule has 1 atom stereocenters. The average molecular weight is 210 g/mol. The molecular formula is C11H18N2S. The lowest BCUT2D eigenvalue weighted by Gasteiger charge is -2.05. The minimum Gasteiger partial charge on any atom is -0.330 e. The van der Waals surface area contributed by atoms with Gasteiger partial charge in [0.15, 0.2) is 0 Å². The minimum atomic E-state index is 0.426. The molecule has 1 aromatic heterocycles. The summed E-state index contributed by atoms with van der Waals surface area (Å²) in [6.45, 7) is 2.86. The lowest BCUT2D eigenvalue weighted by Crippen LogP contribution is -2.08. The maximum atomic E-state index is 5.63. The van der Waals surface area contributed by atoms with Crippen LogP contribution >= 0.6 is 11.3 Å². The molecule has 0 aromatic carbocycles. The summed E-state index contributed by atoms with van der Waals surface area (Å²) in [5, 5.41) is 3.45. The van der Waals surface area contributed by atoms with Crippen molar-refractivity contribution in [3.63, 3.8) is 0 Å². The number of rotatable bonds is 3. The van der Waals surface area contributed by atoms with Gasteiger partial charge in [-0.2, -0.15) is 0 Å². The van der Waals surface area contributed by atoms with E-state index in [0.717, 1.165) is 5.92 Å². The SMILES string of the molecule is CC(CN)c1nc(C2CCCC2)cs1. The van der Waals surface area contributed by atoms with Gasteiger partial charge < -0.3 is 5.73 Å². The molecular weight excluding hydrogens is 192 g/mol. The highest BCUT2D eigenvalue weighted by Crippen LogP contribution is 2.35. The zero-order chi connectivity index (χ0) is 9.97. The van der Waals surface area contributed by atoms with Gasteiger partial charge in [0.2, 0.25) is 0 Å². The molecule has 0 amide bonds. The largest absolute Gasteiger partial charge is 0.330 e. The van der Waals surface area contributed by atoms with Crippen LogP contribution in [-0.4, -0.2) is 11.5 Å². The fraction of sp³-hybridized carbons (Fsp3) is 0.727. The van der Waals surface area contributed by atoms with Crippen LogP contribution in [0, 0.1) is 0 Å². The molecule has 1 fully saturated rings. The average Bonchev–Trinajstić information content (AvgIpc) is 2.86. The Hall–Kier alpha value is -0.410. The van der Waals surface area contributed by atoms with Gasteiger partial charge >= 0.3 is 0 Å². The van der Waals surface area contributed by atoms with Crippen LogP contribution in [0.2, 0.25) is 0 Å². The molecule has 2 rings (SSSR count). The van der Waals surface area contributed by atoms with Crippen LogP contribution in [-0.2, 0) is 0 Å². The van der Waals surface area contributed by atoms with E-state index in [-0.39, 0.29) is 0 Å². The number of nitrogens with zero attached hydrogens (tertiary/aromatic N) is 1. The van der Waals surface area contributed by atoms with E-state index in [1.165, 1.54) is 36.4 Å². The molecule has 1 aromatic rings. The molecule has 14 heavy (non-hydrogen) atoms. The first-order valence-corrected chi connectivity index (χ1v) is 6.34. The Kier molecular flexibility index (Phi) is 3.19. The van der Waals surface area contributed by atoms with Crippen molar-refractivity contribution < 1.29 is 0 Å². The Morgan fingerprint density at radius 2 is 2.29 bits per heavy atom. The van der Waals surface area contributed by atoms with Crippen LogP contribution < -0.4 is 5.73 Å². The van der Waals surface area contributed by atoms with Crippen LogP contribution in [0.3, 0.4) is 0 Å². The smallest absolute Gasteiger partial charge is 0.0969 e. The van der Waals surface area contributed by atoms with E-state index >= 15 is 0 Å². The van der Waals surface area contributed by atoms with Crippen molar-refractivity contribution in [2.75, 3.05) is 6.54 Å². The maximum Gasteiger partial charge on any atom is 0.0969 e. The van der Waals surface area contributed by atoms with E-state index < -0.39 is 0 Å². The number of aromatic nitrogens is 1. The fourth-order valence-corrected chi connectivity index (χ4v) is 3.01. The van der Waals surface area contributed by atoms with Crippen molar-refractivity contribution in [3.8, 4) is 0 Å². The van der Waals surface area contributed by atoms with Crippen molar-refractivity contribution in [2.45, 2.75) is 44.4 Å². The summed E-state index contributed by atoms with van der Waals surface area (Å²) in [4.78, 5) is 4.70. The topological polar surface area (TPSA) is 38.9 Å². The van der Waals surface area contributed by atoms with Crippen LogP contribution in [0.1, 0.15) is 55.1 Å². The Morgan fingerprint density at radius 3 is 2.93 bits per heavy atom. The van der Waals surface area contributed by atoms with Gasteiger partial charge in [-0.1, -0.05) is 19.8 Å². The molecule has 1 saturated carbocycles. The highest BCUT2D eigenvalue weighted by molar-refractivity contribution is 7.09. The van der Waals surface area contributed by atoms with Crippen molar-refractivity contribution in [1.82, 2.24) is 4.98 Å². The van der Waals surface area contributed by atoms with Crippen molar-refractivity contribution in [2.24, 2.45) is 5.73 Å². The Bertz CT molecular complexity index is 289. The van der Waals surface area contributed by atoms with Gasteiger partial charge in [0.05, 0.1) is 10.7 Å². The molecule has 1 unspecified atom stereocenters. The van der Waals surface area contributed by atoms with Crippen molar-refractivity contribution in [1.29, 1.82) is 0 Å². The summed E-state index contributed by atoms with van der Waals surface area (Å²) < 4.78 is 0. The maximum absolute atomic E-state index is 5.63. The molecule has 2 nitrogen and oxygen atoms in total. The minimum absolute atomic E-state index is 0.426. The Morgan fingerprint density at radius 1 is 1.57 bits per heavy atom.